The van der Waals surface area contributed by atoms with Crippen LogP contribution >= 0.6 is 0 Å². The van der Waals surface area contributed by atoms with E-state index >= 15 is 0 Å². The molecular formula is C22H25N5O4. The molecule has 31 heavy (non-hydrogen) atoms. The van der Waals surface area contributed by atoms with Gasteiger partial charge in [0.25, 0.3) is 5.91 Å². The zero-order valence-electron chi connectivity index (χ0n) is 17.4. The molecule has 0 bridgehead atoms. The monoisotopic (exact) mass is 423 g/mol. The Bertz CT molecular complexity index is 978. The van der Waals surface area contributed by atoms with Crippen molar-refractivity contribution in [3.05, 3.63) is 60.6 Å². The highest BCUT2D eigenvalue weighted by Crippen LogP contribution is 2.29. The maximum atomic E-state index is 12.3. The molecule has 1 aliphatic heterocycles. The van der Waals surface area contributed by atoms with Gasteiger partial charge in [0.2, 0.25) is 5.95 Å². The molecule has 1 amide bonds. The second kappa shape index (κ2) is 9.92. The molecule has 1 atom stereocenters. The minimum atomic E-state index is -0.262. The number of nitrogens with zero attached hydrogens (tertiary/aromatic N) is 4. The molecule has 9 nitrogen and oxygen atoms in total. The predicted molar refractivity (Wildman–Crippen MR) is 113 cm³/mol. The van der Waals surface area contributed by atoms with Gasteiger partial charge in [-0.3, -0.25) is 4.79 Å². The number of anilines is 1. The summed E-state index contributed by atoms with van der Waals surface area (Å²) in [6, 6.07) is 7.71. The minimum absolute atomic E-state index is 0.00407. The molecule has 1 aliphatic rings. The zero-order chi connectivity index (χ0) is 21.5. The molecule has 1 fully saturated rings. The summed E-state index contributed by atoms with van der Waals surface area (Å²) >= 11 is 0. The van der Waals surface area contributed by atoms with E-state index in [0.717, 1.165) is 30.9 Å². The Labute approximate surface area is 180 Å². The van der Waals surface area contributed by atoms with Crippen LogP contribution in [0.15, 0.2) is 53.7 Å². The molecule has 0 radical (unpaired) electrons. The van der Waals surface area contributed by atoms with Crippen LogP contribution < -0.4 is 19.7 Å². The normalized spacial score (nSPS) is 16.0. The van der Waals surface area contributed by atoms with E-state index in [-0.39, 0.29) is 18.6 Å². The first-order chi connectivity index (χ1) is 15.2. The summed E-state index contributed by atoms with van der Waals surface area (Å²) in [6.45, 7) is 4.33. The third-order valence-corrected chi connectivity index (χ3v) is 4.92. The molecule has 2 aromatic heterocycles. The molecule has 0 saturated carbocycles. The molecule has 0 spiro atoms. The largest absolute Gasteiger partial charge is 0.490 e. The van der Waals surface area contributed by atoms with Crippen LogP contribution in [0, 0.1) is 0 Å². The number of para-hydroxylation sites is 2. The van der Waals surface area contributed by atoms with Crippen molar-refractivity contribution < 1.29 is 18.7 Å². The summed E-state index contributed by atoms with van der Waals surface area (Å²) in [4.78, 5) is 27.1. The molecule has 1 N–H and O–H groups in total. The highest BCUT2D eigenvalue weighted by atomic mass is 16.5. The molecule has 3 heterocycles. The van der Waals surface area contributed by atoms with E-state index in [1.165, 1.54) is 25.1 Å². The Balaban J connectivity index is 1.35. The van der Waals surface area contributed by atoms with Gasteiger partial charge in [-0.25, -0.2) is 15.0 Å². The van der Waals surface area contributed by atoms with E-state index < -0.39 is 0 Å². The number of rotatable bonds is 8. The molecule has 0 unspecified atom stereocenters. The molecule has 4 rings (SSSR count). The highest BCUT2D eigenvalue weighted by Gasteiger charge is 2.24. The van der Waals surface area contributed by atoms with E-state index in [1.807, 2.05) is 31.2 Å². The maximum Gasteiger partial charge on any atom is 0.254 e. The summed E-state index contributed by atoms with van der Waals surface area (Å²) in [6.07, 6.45) is 7.80. The van der Waals surface area contributed by atoms with Crippen LogP contribution in [0.1, 0.15) is 35.8 Å². The Morgan fingerprint density at radius 3 is 2.77 bits per heavy atom. The van der Waals surface area contributed by atoms with E-state index in [1.54, 1.807) is 0 Å². The van der Waals surface area contributed by atoms with Crippen LogP contribution in [0.25, 0.3) is 0 Å². The van der Waals surface area contributed by atoms with Crippen molar-refractivity contribution in [2.75, 3.05) is 24.6 Å². The van der Waals surface area contributed by atoms with Crippen LogP contribution in [0.3, 0.4) is 0 Å². The van der Waals surface area contributed by atoms with Gasteiger partial charge in [0.1, 0.15) is 12.4 Å². The van der Waals surface area contributed by atoms with Crippen LogP contribution in [0.2, 0.25) is 0 Å². The third kappa shape index (κ3) is 5.30. The van der Waals surface area contributed by atoms with Gasteiger partial charge < -0.3 is 24.1 Å². The lowest BCUT2D eigenvalue weighted by Gasteiger charge is -2.33. The Morgan fingerprint density at radius 2 is 2.03 bits per heavy atom. The topological polar surface area (TPSA) is 103 Å². The number of oxazole rings is 1. The molecule has 1 saturated heterocycles. The van der Waals surface area contributed by atoms with Crippen molar-refractivity contribution in [1.82, 2.24) is 20.3 Å². The first-order valence-corrected chi connectivity index (χ1v) is 10.3. The number of benzene rings is 1. The fourth-order valence-electron chi connectivity index (χ4n) is 3.42. The maximum absolute atomic E-state index is 12.3. The van der Waals surface area contributed by atoms with E-state index in [2.05, 4.69) is 25.2 Å². The van der Waals surface area contributed by atoms with Crippen molar-refractivity contribution >= 4 is 11.9 Å². The van der Waals surface area contributed by atoms with Gasteiger partial charge in [-0.2, -0.15) is 0 Å². The van der Waals surface area contributed by atoms with E-state index in [0.29, 0.717) is 30.4 Å². The minimum Gasteiger partial charge on any atom is -0.490 e. The molecule has 0 aliphatic carbocycles. The Kier molecular flexibility index (Phi) is 6.61. The SMILES string of the molecule is CCOc1ccccc1O[C@@H]1CCCN(c2ncc(C(=O)NCc3cocn3)cn2)C1. The molecule has 162 valence electrons. The first-order valence-electron chi connectivity index (χ1n) is 10.3. The summed E-state index contributed by atoms with van der Waals surface area (Å²) in [5.41, 5.74) is 1.04. The van der Waals surface area contributed by atoms with Gasteiger partial charge in [0, 0.05) is 18.9 Å². The van der Waals surface area contributed by atoms with Gasteiger partial charge in [0.05, 0.1) is 31.0 Å². The lowest BCUT2D eigenvalue weighted by molar-refractivity contribution is 0.0949. The van der Waals surface area contributed by atoms with Crippen LogP contribution in [-0.2, 0) is 6.54 Å². The number of hydrogen-bond acceptors (Lipinski definition) is 8. The number of amides is 1. The number of carbonyl (C=O) groups excluding carboxylic acids is 1. The number of nitrogens with one attached hydrogen (secondary N) is 1. The summed E-state index contributed by atoms with van der Waals surface area (Å²) < 4.78 is 16.8. The Hall–Kier alpha value is -3.62. The fraction of sp³-hybridized carbons (Fsp3) is 0.364. The van der Waals surface area contributed by atoms with Crippen LogP contribution in [0.4, 0.5) is 5.95 Å². The molecule has 9 heteroatoms. The predicted octanol–water partition coefficient (Wildman–Crippen LogP) is 2.84. The third-order valence-electron chi connectivity index (χ3n) is 4.92. The zero-order valence-corrected chi connectivity index (χ0v) is 17.4. The molecular weight excluding hydrogens is 398 g/mol. The van der Waals surface area contributed by atoms with Crippen molar-refractivity contribution in [2.24, 2.45) is 0 Å². The lowest BCUT2D eigenvalue weighted by atomic mass is 10.1. The van der Waals surface area contributed by atoms with Gasteiger partial charge in [0.15, 0.2) is 17.9 Å². The second-order valence-corrected chi connectivity index (χ2v) is 7.14. The average Bonchev–Trinajstić information content (AvgIpc) is 3.33. The fourth-order valence-corrected chi connectivity index (χ4v) is 3.42. The van der Waals surface area contributed by atoms with Crippen molar-refractivity contribution in [2.45, 2.75) is 32.4 Å². The van der Waals surface area contributed by atoms with Gasteiger partial charge in [-0.15, -0.1) is 0 Å². The number of ether oxygens (including phenoxy) is 2. The lowest BCUT2D eigenvalue weighted by Crippen LogP contribution is -2.42. The van der Waals surface area contributed by atoms with Crippen molar-refractivity contribution in [3.63, 3.8) is 0 Å². The summed E-state index contributed by atoms with van der Waals surface area (Å²) in [7, 11) is 0. The number of aromatic nitrogens is 3. The smallest absolute Gasteiger partial charge is 0.254 e. The molecule has 3 aromatic rings. The second-order valence-electron chi connectivity index (χ2n) is 7.14. The van der Waals surface area contributed by atoms with Gasteiger partial charge >= 0.3 is 0 Å². The highest BCUT2D eigenvalue weighted by molar-refractivity contribution is 5.93. The van der Waals surface area contributed by atoms with Crippen LogP contribution in [0.5, 0.6) is 11.5 Å². The van der Waals surface area contributed by atoms with E-state index in [4.69, 9.17) is 13.9 Å². The van der Waals surface area contributed by atoms with E-state index in [9.17, 15) is 4.79 Å². The van der Waals surface area contributed by atoms with Crippen molar-refractivity contribution in [1.29, 1.82) is 0 Å². The molecule has 1 aromatic carbocycles. The standard InChI is InChI=1S/C22H25N5O4/c1-2-30-19-7-3-4-8-20(19)31-18-6-5-9-27(13-18)22-24-10-16(11-25-22)21(28)23-12-17-14-29-15-26-17/h3-4,7-8,10-11,14-15,18H,2,5-6,9,12-13H2,1H3,(H,23,28)/t18-/m1/s1. The van der Waals surface area contributed by atoms with Gasteiger partial charge in [-0.05, 0) is 31.9 Å². The van der Waals surface area contributed by atoms with Crippen molar-refractivity contribution in [3.8, 4) is 11.5 Å². The number of piperidine rings is 1. The quantitative estimate of drug-likeness (QED) is 0.590. The Morgan fingerprint density at radius 1 is 1.23 bits per heavy atom. The summed E-state index contributed by atoms with van der Waals surface area (Å²) in [5.74, 6) is 1.82. The summed E-state index contributed by atoms with van der Waals surface area (Å²) in [5, 5.41) is 2.76. The number of hydrogen-bond donors (Lipinski definition) is 1. The first kappa shape index (κ1) is 20.6. The van der Waals surface area contributed by atoms with Crippen LogP contribution in [-0.4, -0.2) is 46.7 Å². The van der Waals surface area contributed by atoms with Gasteiger partial charge in [-0.1, -0.05) is 12.1 Å². The number of carbonyl (C=O) groups is 1. The average molecular weight is 423 g/mol.